The van der Waals surface area contributed by atoms with Crippen molar-refractivity contribution in [2.24, 2.45) is 0 Å². The van der Waals surface area contributed by atoms with Gasteiger partial charge in [0.05, 0.1) is 18.2 Å². The molecule has 5 heteroatoms. The summed E-state index contributed by atoms with van der Waals surface area (Å²) in [5, 5.41) is 2.92. The van der Waals surface area contributed by atoms with Crippen LogP contribution in [0, 0.1) is 0 Å². The number of hydrogen-bond acceptors (Lipinski definition) is 4. The van der Waals surface area contributed by atoms with E-state index in [-0.39, 0.29) is 18.4 Å². The monoisotopic (exact) mass is 364 g/mol. The highest BCUT2D eigenvalue weighted by atomic mass is 16.5. The molecule has 1 aromatic heterocycles. The second-order valence-electron chi connectivity index (χ2n) is 6.60. The molecule has 27 heavy (non-hydrogen) atoms. The van der Waals surface area contributed by atoms with E-state index in [1.165, 1.54) is 6.26 Å². The maximum Gasteiger partial charge on any atom is 0.226 e. The molecule has 140 valence electrons. The average molecular weight is 364 g/mol. The Morgan fingerprint density at radius 2 is 1.85 bits per heavy atom. The number of aromatic nitrogens is 1. The summed E-state index contributed by atoms with van der Waals surface area (Å²) in [6.45, 7) is 4.58. The minimum Gasteiger partial charge on any atom is -0.491 e. The number of nitrogens with one attached hydrogen (secondary N) is 1. The highest BCUT2D eigenvalue weighted by Crippen LogP contribution is 2.18. The summed E-state index contributed by atoms with van der Waals surface area (Å²) in [6.07, 6.45) is 2.67. The van der Waals surface area contributed by atoms with E-state index >= 15 is 0 Å². The van der Waals surface area contributed by atoms with Gasteiger partial charge >= 0.3 is 0 Å². The topological polar surface area (TPSA) is 64.4 Å². The van der Waals surface area contributed by atoms with Crippen LogP contribution in [0.1, 0.15) is 25.1 Å². The number of amides is 1. The van der Waals surface area contributed by atoms with E-state index in [9.17, 15) is 4.79 Å². The Labute approximate surface area is 159 Å². The van der Waals surface area contributed by atoms with E-state index in [1.807, 2.05) is 68.4 Å². The largest absolute Gasteiger partial charge is 0.491 e. The molecule has 0 aliphatic rings. The molecule has 0 saturated carbocycles. The molecule has 1 N–H and O–H groups in total. The standard InChI is InChI=1S/C22H24N2O3/c1-16(2)27-20-10-8-17(9-11-20)12-13-23-21(25)14-19-15-26-22(24-19)18-6-4-3-5-7-18/h3-11,15-16H,12-14H2,1-2H3,(H,23,25). The quantitative estimate of drug-likeness (QED) is 0.655. The predicted molar refractivity (Wildman–Crippen MR) is 105 cm³/mol. The second-order valence-corrected chi connectivity index (χ2v) is 6.60. The van der Waals surface area contributed by atoms with Crippen molar-refractivity contribution in [3.05, 3.63) is 72.1 Å². The molecule has 2 aromatic carbocycles. The van der Waals surface area contributed by atoms with Gasteiger partial charge in [-0.15, -0.1) is 0 Å². The SMILES string of the molecule is CC(C)Oc1ccc(CCNC(=O)Cc2coc(-c3ccccc3)n2)cc1. The molecule has 0 bridgehead atoms. The molecule has 0 aliphatic carbocycles. The van der Waals surface area contributed by atoms with Crippen LogP contribution in [0.2, 0.25) is 0 Å². The highest BCUT2D eigenvalue weighted by Gasteiger charge is 2.10. The normalized spacial score (nSPS) is 10.8. The Bertz CT molecular complexity index is 855. The zero-order valence-corrected chi connectivity index (χ0v) is 15.6. The molecule has 0 fully saturated rings. The maximum absolute atomic E-state index is 12.1. The molecule has 0 spiro atoms. The van der Waals surface area contributed by atoms with E-state index in [1.54, 1.807) is 0 Å². The molecular formula is C22H24N2O3. The lowest BCUT2D eigenvalue weighted by atomic mass is 10.1. The Kier molecular flexibility index (Phi) is 6.26. The smallest absolute Gasteiger partial charge is 0.226 e. The first kappa shape index (κ1) is 18.7. The fourth-order valence-corrected chi connectivity index (χ4v) is 2.68. The minimum atomic E-state index is -0.0670. The van der Waals surface area contributed by atoms with Crippen molar-refractivity contribution in [2.75, 3.05) is 6.54 Å². The number of ether oxygens (including phenoxy) is 1. The van der Waals surface area contributed by atoms with E-state index in [4.69, 9.17) is 9.15 Å². The lowest BCUT2D eigenvalue weighted by Crippen LogP contribution is -2.27. The summed E-state index contributed by atoms with van der Waals surface area (Å²) in [5.41, 5.74) is 2.68. The third-order valence-corrected chi connectivity index (χ3v) is 3.95. The predicted octanol–water partition coefficient (Wildman–Crippen LogP) is 4.03. The highest BCUT2D eigenvalue weighted by molar-refractivity contribution is 5.78. The van der Waals surface area contributed by atoms with E-state index in [0.29, 0.717) is 18.1 Å². The van der Waals surface area contributed by atoms with Crippen molar-refractivity contribution >= 4 is 5.91 Å². The lowest BCUT2D eigenvalue weighted by Gasteiger charge is -2.10. The van der Waals surface area contributed by atoms with Crippen LogP contribution >= 0.6 is 0 Å². The Balaban J connectivity index is 1.44. The Morgan fingerprint density at radius 3 is 2.56 bits per heavy atom. The number of carbonyl (C=O) groups is 1. The van der Waals surface area contributed by atoms with Gasteiger partial charge in [0.25, 0.3) is 0 Å². The van der Waals surface area contributed by atoms with Crippen molar-refractivity contribution in [3.8, 4) is 17.2 Å². The summed E-state index contributed by atoms with van der Waals surface area (Å²) >= 11 is 0. The van der Waals surface area contributed by atoms with Gasteiger partial charge in [0.1, 0.15) is 12.0 Å². The summed E-state index contributed by atoms with van der Waals surface area (Å²) in [5.74, 6) is 1.32. The fourth-order valence-electron chi connectivity index (χ4n) is 2.68. The Morgan fingerprint density at radius 1 is 1.11 bits per heavy atom. The summed E-state index contributed by atoms with van der Waals surface area (Å²) < 4.78 is 11.1. The zero-order chi connectivity index (χ0) is 19.1. The van der Waals surface area contributed by atoms with Gasteiger partial charge in [0, 0.05) is 12.1 Å². The van der Waals surface area contributed by atoms with Crippen LogP contribution in [0.25, 0.3) is 11.5 Å². The number of carbonyl (C=O) groups excluding carboxylic acids is 1. The Hall–Kier alpha value is -3.08. The molecule has 1 heterocycles. The summed E-state index contributed by atoms with van der Waals surface area (Å²) in [6, 6.07) is 17.6. The van der Waals surface area contributed by atoms with Crippen LogP contribution in [0.4, 0.5) is 0 Å². The van der Waals surface area contributed by atoms with Gasteiger partial charge in [-0.1, -0.05) is 30.3 Å². The molecule has 3 aromatic rings. The van der Waals surface area contributed by atoms with Gasteiger partial charge in [0.2, 0.25) is 11.8 Å². The van der Waals surface area contributed by atoms with Crippen LogP contribution in [-0.2, 0) is 17.6 Å². The molecule has 3 rings (SSSR count). The van der Waals surface area contributed by atoms with E-state index < -0.39 is 0 Å². The van der Waals surface area contributed by atoms with Crippen LogP contribution in [0.15, 0.2) is 65.3 Å². The minimum absolute atomic E-state index is 0.0670. The molecule has 5 nitrogen and oxygen atoms in total. The van der Waals surface area contributed by atoms with Gasteiger partial charge in [-0.05, 0) is 50.1 Å². The van der Waals surface area contributed by atoms with Crippen molar-refractivity contribution in [1.29, 1.82) is 0 Å². The number of hydrogen-bond donors (Lipinski definition) is 1. The molecular weight excluding hydrogens is 340 g/mol. The third-order valence-electron chi connectivity index (χ3n) is 3.95. The summed E-state index contributed by atoms with van der Waals surface area (Å²) in [7, 11) is 0. The van der Waals surface area contributed by atoms with Crippen LogP contribution < -0.4 is 10.1 Å². The molecule has 0 radical (unpaired) electrons. The molecule has 0 atom stereocenters. The van der Waals surface area contributed by atoms with Gasteiger partial charge in [-0.25, -0.2) is 4.98 Å². The number of rotatable bonds is 8. The first-order valence-corrected chi connectivity index (χ1v) is 9.12. The van der Waals surface area contributed by atoms with Crippen LogP contribution in [0.5, 0.6) is 5.75 Å². The number of oxazole rings is 1. The number of benzene rings is 2. The van der Waals surface area contributed by atoms with Crippen molar-refractivity contribution in [3.63, 3.8) is 0 Å². The first-order valence-electron chi connectivity index (χ1n) is 9.12. The molecule has 0 aliphatic heterocycles. The first-order chi connectivity index (χ1) is 13.1. The zero-order valence-electron chi connectivity index (χ0n) is 15.6. The van der Waals surface area contributed by atoms with Gasteiger partial charge in [-0.2, -0.15) is 0 Å². The summed E-state index contributed by atoms with van der Waals surface area (Å²) in [4.78, 5) is 16.5. The van der Waals surface area contributed by atoms with Crippen molar-refractivity contribution < 1.29 is 13.9 Å². The molecule has 0 unspecified atom stereocenters. The van der Waals surface area contributed by atoms with Gasteiger partial charge in [0.15, 0.2) is 0 Å². The van der Waals surface area contributed by atoms with Gasteiger partial charge < -0.3 is 14.5 Å². The molecule has 0 saturated heterocycles. The maximum atomic E-state index is 12.1. The van der Waals surface area contributed by atoms with Crippen molar-refractivity contribution in [1.82, 2.24) is 10.3 Å². The number of nitrogens with zero attached hydrogens (tertiary/aromatic N) is 1. The average Bonchev–Trinajstić information content (AvgIpc) is 3.12. The van der Waals surface area contributed by atoms with E-state index in [2.05, 4.69) is 10.3 Å². The fraction of sp³-hybridized carbons (Fsp3) is 0.273. The molecule has 1 amide bonds. The van der Waals surface area contributed by atoms with Crippen LogP contribution in [0.3, 0.4) is 0 Å². The van der Waals surface area contributed by atoms with Gasteiger partial charge in [-0.3, -0.25) is 4.79 Å². The van der Waals surface area contributed by atoms with Crippen molar-refractivity contribution in [2.45, 2.75) is 32.8 Å². The lowest BCUT2D eigenvalue weighted by molar-refractivity contribution is -0.120. The van der Waals surface area contributed by atoms with Crippen LogP contribution in [-0.4, -0.2) is 23.5 Å². The third kappa shape index (κ3) is 5.71. The van der Waals surface area contributed by atoms with E-state index in [0.717, 1.165) is 23.3 Å². The second kappa shape index (κ2) is 9.03.